The highest BCUT2D eigenvalue weighted by atomic mass is 32.1. The second-order valence-corrected chi connectivity index (χ2v) is 5.58. The molecule has 0 aliphatic rings. The van der Waals surface area contributed by atoms with Crippen LogP contribution in [0.4, 0.5) is 8.78 Å². The lowest BCUT2D eigenvalue weighted by atomic mass is 10.2. The van der Waals surface area contributed by atoms with Crippen LogP contribution in [0.25, 0.3) is 10.6 Å². The molecule has 0 aliphatic heterocycles. The van der Waals surface area contributed by atoms with Crippen molar-refractivity contribution in [3.8, 4) is 10.6 Å². The summed E-state index contributed by atoms with van der Waals surface area (Å²) in [4.78, 5) is 28.0. The zero-order chi connectivity index (χ0) is 16.4. The summed E-state index contributed by atoms with van der Waals surface area (Å²) in [5.41, 5.74) is 0.000398. The second kappa shape index (κ2) is 6.18. The van der Waals surface area contributed by atoms with E-state index in [2.05, 4.69) is 4.98 Å². The van der Waals surface area contributed by atoms with Gasteiger partial charge in [-0.25, -0.2) is 13.8 Å². The molecule has 8 heteroatoms. The topological polar surface area (TPSA) is 70.5 Å². The van der Waals surface area contributed by atoms with E-state index in [1.54, 1.807) is 0 Å². The van der Waals surface area contributed by atoms with E-state index in [9.17, 15) is 18.4 Å². The minimum atomic E-state index is -1.15. The van der Waals surface area contributed by atoms with E-state index < -0.39 is 30.1 Å². The maximum Gasteiger partial charge on any atom is 0.323 e. The number of carbonyl (C=O) groups excluding carboxylic acids is 1. The number of amides is 1. The molecule has 1 N–H and O–H groups in total. The Bertz CT molecular complexity index is 725. The van der Waals surface area contributed by atoms with Crippen LogP contribution in [0.15, 0.2) is 18.2 Å². The summed E-state index contributed by atoms with van der Waals surface area (Å²) in [6.07, 6.45) is 0. The van der Waals surface area contributed by atoms with Crippen LogP contribution in [0.2, 0.25) is 0 Å². The number of carbonyl (C=O) groups is 2. The number of hydrogen-bond donors (Lipinski definition) is 1. The predicted molar refractivity (Wildman–Crippen MR) is 76.8 cm³/mol. The molecule has 2 aromatic rings. The molecule has 2 rings (SSSR count). The van der Waals surface area contributed by atoms with Gasteiger partial charge in [0.2, 0.25) is 0 Å². The summed E-state index contributed by atoms with van der Waals surface area (Å²) < 4.78 is 27.5. The minimum absolute atomic E-state index is 0.0418. The Morgan fingerprint density at radius 1 is 1.32 bits per heavy atom. The van der Waals surface area contributed by atoms with Gasteiger partial charge in [-0.1, -0.05) is 6.07 Å². The van der Waals surface area contributed by atoms with Crippen LogP contribution < -0.4 is 0 Å². The van der Waals surface area contributed by atoms with Crippen molar-refractivity contribution in [1.29, 1.82) is 0 Å². The summed E-state index contributed by atoms with van der Waals surface area (Å²) in [7, 11) is 1.33. The van der Waals surface area contributed by atoms with Gasteiger partial charge in [0.15, 0.2) is 0 Å². The van der Waals surface area contributed by atoms with Crippen LogP contribution in [0.3, 0.4) is 0 Å². The van der Waals surface area contributed by atoms with Gasteiger partial charge >= 0.3 is 5.97 Å². The van der Waals surface area contributed by atoms with Crippen LogP contribution in [0.5, 0.6) is 0 Å². The highest BCUT2D eigenvalue weighted by molar-refractivity contribution is 7.17. The van der Waals surface area contributed by atoms with Crippen molar-refractivity contribution in [3.05, 3.63) is 40.4 Å². The maximum atomic E-state index is 13.8. The number of hydrogen-bond acceptors (Lipinski definition) is 4. The van der Waals surface area contributed by atoms with Crippen LogP contribution in [0, 0.1) is 18.6 Å². The molecule has 0 saturated heterocycles. The normalized spacial score (nSPS) is 10.5. The third kappa shape index (κ3) is 3.11. The smallest absolute Gasteiger partial charge is 0.323 e. The van der Waals surface area contributed by atoms with Gasteiger partial charge in [-0.3, -0.25) is 9.59 Å². The molecule has 1 heterocycles. The fourth-order valence-electron chi connectivity index (χ4n) is 1.85. The minimum Gasteiger partial charge on any atom is -0.480 e. The monoisotopic (exact) mass is 326 g/mol. The van der Waals surface area contributed by atoms with Gasteiger partial charge in [0, 0.05) is 7.05 Å². The SMILES string of the molecule is Cc1nc(-c2c(F)cccc2F)sc1C(=O)N(C)CC(=O)O. The largest absolute Gasteiger partial charge is 0.480 e. The molecule has 0 saturated carbocycles. The molecule has 0 aliphatic carbocycles. The van der Waals surface area contributed by atoms with Gasteiger partial charge in [-0.05, 0) is 19.1 Å². The van der Waals surface area contributed by atoms with Gasteiger partial charge in [-0.15, -0.1) is 11.3 Å². The average Bonchev–Trinajstić information content (AvgIpc) is 2.78. The van der Waals surface area contributed by atoms with E-state index in [0.29, 0.717) is 5.69 Å². The lowest BCUT2D eigenvalue weighted by Gasteiger charge is -2.13. The van der Waals surface area contributed by atoms with Gasteiger partial charge < -0.3 is 10.0 Å². The lowest BCUT2D eigenvalue weighted by Crippen LogP contribution is -2.31. The molecule has 0 unspecified atom stereocenters. The molecular weight excluding hydrogens is 314 g/mol. The van der Waals surface area contributed by atoms with Gasteiger partial charge in [0.25, 0.3) is 5.91 Å². The van der Waals surface area contributed by atoms with Gasteiger partial charge in [0.1, 0.15) is 28.1 Å². The van der Waals surface area contributed by atoms with Crippen molar-refractivity contribution in [2.75, 3.05) is 13.6 Å². The number of nitrogens with zero attached hydrogens (tertiary/aromatic N) is 2. The van der Waals surface area contributed by atoms with E-state index >= 15 is 0 Å². The standard InChI is InChI=1S/C14H12F2N2O3S/c1-7-12(14(21)18(2)6-10(19)20)22-13(17-7)11-8(15)4-3-5-9(11)16/h3-5H,6H2,1-2H3,(H,19,20). The molecule has 1 aromatic carbocycles. The van der Waals surface area contributed by atoms with Crippen LogP contribution in [-0.4, -0.2) is 40.5 Å². The summed E-state index contributed by atoms with van der Waals surface area (Å²) in [6, 6.07) is 3.45. The summed E-state index contributed by atoms with van der Waals surface area (Å²) in [6.45, 7) is 1.06. The predicted octanol–water partition coefficient (Wildman–Crippen LogP) is 2.55. The molecule has 116 valence electrons. The van der Waals surface area contributed by atoms with E-state index in [-0.39, 0.29) is 15.4 Å². The van der Waals surface area contributed by atoms with Crippen LogP contribution >= 0.6 is 11.3 Å². The van der Waals surface area contributed by atoms with Crippen LogP contribution in [0.1, 0.15) is 15.4 Å². The Hall–Kier alpha value is -2.35. The maximum absolute atomic E-state index is 13.8. The highest BCUT2D eigenvalue weighted by Crippen LogP contribution is 2.32. The number of aliphatic carboxylic acids is 1. The first-order valence-electron chi connectivity index (χ1n) is 6.20. The number of carboxylic acid groups (broad SMARTS) is 1. The Morgan fingerprint density at radius 2 is 1.91 bits per heavy atom. The third-order valence-corrected chi connectivity index (χ3v) is 4.05. The first-order chi connectivity index (χ1) is 10.3. The average molecular weight is 326 g/mol. The fraction of sp³-hybridized carbons (Fsp3) is 0.214. The number of carboxylic acids is 1. The number of aromatic nitrogens is 1. The third-order valence-electron chi connectivity index (χ3n) is 2.89. The van der Waals surface area contributed by atoms with E-state index in [4.69, 9.17) is 5.11 Å². The number of aryl methyl sites for hydroxylation is 1. The molecule has 0 radical (unpaired) electrons. The van der Waals surface area contributed by atoms with Crippen LogP contribution in [-0.2, 0) is 4.79 Å². The zero-order valence-electron chi connectivity index (χ0n) is 11.8. The number of halogens is 2. The van der Waals surface area contributed by atoms with Crippen molar-refractivity contribution in [2.45, 2.75) is 6.92 Å². The highest BCUT2D eigenvalue weighted by Gasteiger charge is 2.23. The molecule has 0 bridgehead atoms. The van der Waals surface area contributed by atoms with Crippen molar-refractivity contribution in [3.63, 3.8) is 0 Å². The number of benzene rings is 1. The molecule has 0 spiro atoms. The molecule has 1 amide bonds. The molecule has 1 aromatic heterocycles. The van der Waals surface area contributed by atoms with Gasteiger partial charge in [-0.2, -0.15) is 0 Å². The molecule has 0 fully saturated rings. The Labute approximate surface area is 128 Å². The van der Waals surface area contributed by atoms with E-state index in [1.165, 1.54) is 20.0 Å². The summed E-state index contributed by atoms with van der Waals surface area (Å²) in [5.74, 6) is -3.25. The Balaban J connectivity index is 2.40. The number of thiazole rings is 1. The van der Waals surface area contributed by atoms with Crippen molar-refractivity contribution in [2.24, 2.45) is 0 Å². The lowest BCUT2D eigenvalue weighted by molar-refractivity contribution is -0.137. The van der Waals surface area contributed by atoms with Crippen molar-refractivity contribution in [1.82, 2.24) is 9.88 Å². The second-order valence-electron chi connectivity index (χ2n) is 4.59. The molecule has 22 heavy (non-hydrogen) atoms. The number of rotatable bonds is 4. The van der Waals surface area contributed by atoms with Crippen molar-refractivity contribution < 1.29 is 23.5 Å². The Kier molecular flexibility index (Phi) is 4.51. The first-order valence-corrected chi connectivity index (χ1v) is 7.02. The zero-order valence-corrected chi connectivity index (χ0v) is 12.6. The molecule has 0 atom stereocenters. The quantitative estimate of drug-likeness (QED) is 0.937. The van der Waals surface area contributed by atoms with Crippen molar-refractivity contribution >= 4 is 23.2 Å². The Morgan fingerprint density at radius 3 is 2.45 bits per heavy atom. The summed E-state index contributed by atoms with van der Waals surface area (Å²) in [5, 5.41) is 8.74. The van der Waals surface area contributed by atoms with Gasteiger partial charge in [0.05, 0.1) is 11.3 Å². The van der Waals surface area contributed by atoms with E-state index in [0.717, 1.165) is 28.4 Å². The first kappa shape index (κ1) is 16.0. The number of likely N-dealkylation sites (N-methyl/N-ethyl adjacent to an activating group) is 1. The van der Waals surface area contributed by atoms with E-state index in [1.807, 2.05) is 0 Å². The molecular formula is C14H12F2N2O3S. The fourth-order valence-corrected chi connectivity index (χ4v) is 2.96. The summed E-state index contributed by atoms with van der Waals surface area (Å²) >= 11 is 0.829. The molecule has 5 nitrogen and oxygen atoms in total.